The molecule has 0 aliphatic heterocycles. The quantitative estimate of drug-likeness (QED) is 0.892. The second-order valence-electron chi connectivity index (χ2n) is 4.70. The van der Waals surface area contributed by atoms with Gasteiger partial charge in [-0.15, -0.1) is 0 Å². The molecule has 1 amide bonds. The zero-order valence-corrected chi connectivity index (χ0v) is 12.6. The molecule has 0 atom stereocenters. The molecule has 2 aromatic rings. The fourth-order valence-corrected chi connectivity index (χ4v) is 2.10. The molecule has 116 valence electrons. The van der Waals surface area contributed by atoms with Crippen molar-refractivity contribution in [2.75, 3.05) is 20.8 Å². The van der Waals surface area contributed by atoms with E-state index in [9.17, 15) is 9.18 Å². The fraction of sp³-hybridized carbons (Fsp3) is 0.235. The largest absolute Gasteiger partial charge is 0.497 e. The number of hydrogen-bond donors (Lipinski definition) is 1. The van der Waals surface area contributed by atoms with Crippen LogP contribution in [0.15, 0.2) is 42.5 Å². The lowest BCUT2D eigenvalue weighted by molar-refractivity contribution is 0.0950. The van der Waals surface area contributed by atoms with Crippen molar-refractivity contribution in [1.82, 2.24) is 5.32 Å². The van der Waals surface area contributed by atoms with Gasteiger partial charge in [0.2, 0.25) is 0 Å². The Hall–Kier alpha value is -2.56. The normalized spacial score (nSPS) is 10.1. The summed E-state index contributed by atoms with van der Waals surface area (Å²) >= 11 is 0. The first-order valence-corrected chi connectivity index (χ1v) is 6.88. The molecule has 1 N–H and O–H groups in total. The van der Waals surface area contributed by atoms with Gasteiger partial charge < -0.3 is 14.8 Å². The van der Waals surface area contributed by atoms with Crippen LogP contribution in [0.2, 0.25) is 0 Å². The Morgan fingerprint density at radius 2 is 1.95 bits per heavy atom. The van der Waals surface area contributed by atoms with Gasteiger partial charge in [-0.05, 0) is 42.3 Å². The number of nitrogens with one attached hydrogen (secondary N) is 1. The van der Waals surface area contributed by atoms with E-state index in [1.165, 1.54) is 25.3 Å². The molecule has 0 fully saturated rings. The van der Waals surface area contributed by atoms with Crippen molar-refractivity contribution in [3.05, 3.63) is 59.4 Å². The maximum atomic E-state index is 13.3. The first-order valence-electron chi connectivity index (χ1n) is 6.88. The summed E-state index contributed by atoms with van der Waals surface area (Å²) in [5, 5.41) is 2.76. The van der Waals surface area contributed by atoms with Crippen molar-refractivity contribution in [3.63, 3.8) is 0 Å². The maximum Gasteiger partial charge on any atom is 0.255 e. The molecule has 0 heterocycles. The molecular formula is C17H18FNO3. The second kappa shape index (κ2) is 7.45. The number of carbonyl (C=O) groups excluding carboxylic acids is 1. The lowest BCUT2D eigenvalue weighted by Gasteiger charge is -2.10. The van der Waals surface area contributed by atoms with E-state index < -0.39 is 5.82 Å². The molecular weight excluding hydrogens is 285 g/mol. The number of amides is 1. The molecule has 0 spiro atoms. The molecule has 0 radical (unpaired) electrons. The lowest BCUT2D eigenvalue weighted by Crippen LogP contribution is -2.26. The summed E-state index contributed by atoms with van der Waals surface area (Å²) < 4.78 is 23.5. The molecule has 0 bridgehead atoms. The van der Waals surface area contributed by atoms with E-state index in [2.05, 4.69) is 5.32 Å². The predicted molar refractivity (Wildman–Crippen MR) is 82.0 cm³/mol. The number of methoxy groups -OCH3 is 2. The summed E-state index contributed by atoms with van der Waals surface area (Å²) in [7, 11) is 3.05. The molecule has 0 unspecified atom stereocenters. The van der Waals surface area contributed by atoms with Crippen LogP contribution in [-0.2, 0) is 6.42 Å². The summed E-state index contributed by atoms with van der Waals surface area (Å²) in [5.74, 6) is 0.286. The van der Waals surface area contributed by atoms with Gasteiger partial charge in [0, 0.05) is 6.54 Å². The number of halogens is 1. The predicted octanol–water partition coefficient (Wildman–Crippen LogP) is 2.82. The van der Waals surface area contributed by atoms with Crippen LogP contribution in [0, 0.1) is 5.82 Å². The first kappa shape index (κ1) is 15.8. The number of ether oxygens (including phenoxy) is 2. The van der Waals surface area contributed by atoms with Crippen molar-refractivity contribution in [3.8, 4) is 11.5 Å². The van der Waals surface area contributed by atoms with E-state index in [1.54, 1.807) is 7.11 Å². The fourth-order valence-electron chi connectivity index (χ4n) is 2.10. The van der Waals surface area contributed by atoms with Crippen molar-refractivity contribution in [1.29, 1.82) is 0 Å². The summed E-state index contributed by atoms with van der Waals surface area (Å²) in [6.07, 6.45) is 0.653. The van der Waals surface area contributed by atoms with Gasteiger partial charge in [0.25, 0.3) is 5.91 Å². The van der Waals surface area contributed by atoms with E-state index in [0.717, 1.165) is 11.3 Å². The zero-order valence-electron chi connectivity index (χ0n) is 12.6. The van der Waals surface area contributed by atoms with Crippen LogP contribution in [0.4, 0.5) is 4.39 Å². The minimum Gasteiger partial charge on any atom is -0.497 e. The third-order valence-corrected chi connectivity index (χ3v) is 3.24. The summed E-state index contributed by atoms with van der Waals surface area (Å²) in [4.78, 5) is 12.1. The molecule has 0 saturated carbocycles. The van der Waals surface area contributed by atoms with Crippen molar-refractivity contribution >= 4 is 5.91 Å². The second-order valence-corrected chi connectivity index (χ2v) is 4.70. The average molecular weight is 303 g/mol. The Balaban J connectivity index is 1.96. The molecule has 5 heteroatoms. The van der Waals surface area contributed by atoms with Gasteiger partial charge >= 0.3 is 0 Å². The molecule has 2 rings (SSSR count). The number of hydrogen-bond acceptors (Lipinski definition) is 3. The molecule has 0 aromatic heterocycles. The van der Waals surface area contributed by atoms with Crippen LogP contribution in [0.3, 0.4) is 0 Å². The minimum atomic E-state index is -0.473. The van der Waals surface area contributed by atoms with Crippen molar-refractivity contribution in [2.45, 2.75) is 6.42 Å². The lowest BCUT2D eigenvalue weighted by atomic mass is 10.1. The topological polar surface area (TPSA) is 47.6 Å². The summed E-state index contributed by atoms with van der Waals surface area (Å²) in [6.45, 7) is 0.436. The molecule has 22 heavy (non-hydrogen) atoms. The SMILES string of the molecule is COc1cccc(CCNC(=O)c2cc(F)ccc2OC)c1. The average Bonchev–Trinajstić information content (AvgIpc) is 2.55. The maximum absolute atomic E-state index is 13.3. The smallest absolute Gasteiger partial charge is 0.255 e. The number of carbonyl (C=O) groups is 1. The van der Waals surface area contributed by atoms with Gasteiger partial charge in [0.05, 0.1) is 19.8 Å². The molecule has 0 saturated heterocycles. The Morgan fingerprint density at radius 1 is 1.14 bits per heavy atom. The number of rotatable bonds is 6. The van der Waals surface area contributed by atoms with Crippen LogP contribution >= 0.6 is 0 Å². The summed E-state index contributed by atoms with van der Waals surface area (Å²) in [5.41, 5.74) is 1.24. The third kappa shape index (κ3) is 3.97. The molecule has 2 aromatic carbocycles. The third-order valence-electron chi connectivity index (χ3n) is 3.24. The highest BCUT2D eigenvalue weighted by Gasteiger charge is 2.12. The zero-order chi connectivity index (χ0) is 15.9. The van der Waals surface area contributed by atoms with Crippen LogP contribution in [0.25, 0.3) is 0 Å². The van der Waals surface area contributed by atoms with E-state index in [1.807, 2.05) is 24.3 Å². The van der Waals surface area contributed by atoms with Gasteiger partial charge in [-0.2, -0.15) is 0 Å². The Labute approximate surface area is 128 Å². The highest BCUT2D eigenvalue weighted by Crippen LogP contribution is 2.19. The molecule has 4 nitrogen and oxygen atoms in total. The van der Waals surface area contributed by atoms with Gasteiger partial charge in [0.15, 0.2) is 0 Å². The van der Waals surface area contributed by atoms with Crippen LogP contribution in [0.5, 0.6) is 11.5 Å². The van der Waals surface area contributed by atoms with Crippen LogP contribution in [-0.4, -0.2) is 26.7 Å². The van der Waals surface area contributed by atoms with E-state index in [0.29, 0.717) is 18.7 Å². The molecule has 0 aliphatic carbocycles. The highest BCUT2D eigenvalue weighted by molar-refractivity contribution is 5.96. The monoisotopic (exact) mass is 303 g/mol. The number of benzene rings is 2. The standard InChI is InChI=1S/C17H18FNO3/c1-21-14-5-3-4-12(10-14)8-9-19-17(20)15-11-13(18)6-7-16(15)22-2/h3-7,10-11H,8-9H2,1-2H3,(H,19,20). The van der Waals surface area contributed by atoms with E-state index in [-0.39, 0.29) is 11.5 Å². The highest BCUT2D eigenvalue weighted by atomic mass is 19.1. The van der Waals surface area contributed by atoms with Crippen molar-refractivity contribution in [2.24, 2.45) is 0 Å². The van der Waals surface area contributed by atoms with Crippen molar-refractivity contribution < 1.29 is 18.7 Å². The van der Waals surface area contributed by atoms with E-state index >= 15 is 0 Å². The van der Waals surface area contributed by atoms with Gasteiger partial charge in [-0.1, -0.05) is 12.1 Å². The molecule has 0 aliphatic rings. The van der Waals surface area contributed by atoms with E-state index in [4.69, 9.17) is 9.47 Å². The Kier molecular flexibility index (Phi) is 5.36. The summed E-state index contributed by atoms with van der Waals surface area (Å²) in [6, 6.07) is 11.5. The van der Waals surface area contributed by atoms with Gasteiger partial charge in [0.1, 0.15) is 17.3 Å². The Morgan fingerprint density at radius 3 is 2.68 bits per heavy atom. The Bertz CT molecular complexity index is 658. The van der Waals surface area contributed by atoms with Gasteiger partial charge in [-0.25, -0.2) is 4.39 Å². The van der Waals surface area contributed by atoms with Gasteiger partial charge in [-0.3, -0.25) is 4.79 Å². The first-order chi connectivity index (χ1) is 10.6. The van der Waals surface area contributed by atoms with Crippen LogP contribution in [0.1, 0.15) is 15.9 Å². The van der Waals surface area contributed by atoms with Crippen LogP contribution < -0.4 is 14.8 Å². The minimum absolute atomic E-state index is 0.188.